The van der Waals surface area contributed by atoms with Crippen molar-refractivity contribution in [2.45, 2.75) is 0 Å². The fraction of sp³-hybridized carbons (Fsp3) is 0. The van der Waals surface area contributed by atoms with Crippen LogP contribution in [0.2, 0.25) is 0 Å². The Bertz CT molecular complexity index is 8.00. The first kappa shape index (κ1) is 45.6. The van der Waals surface area contributed by atoms with E-state index in [1.54, 1.807) is 0 Å². The summed E-state index contributed by atoms with van der Waals surface area (Å²) in [7, 11) is 0. The third-order valence-corrected chi connectivity index (χ3v) is 0. The van der Waals surface area contributed by atoms with Gasteiger partial charge in [0.25, 0.3) is 0 Å². The maximum Gasteiger partial charge on any atom is 2.00 e. The summed E-state index contributed by atoms with van der Waals surface area (Å²) in [6.45, 7) is 0. The molecule has 0 N–H and O–H groups in total. The summed E-state index contributed by atoms with van der Waals surface area (Å²) in [5, 5.41) is 0. The number of hydrogen-bond acceptors (Lipinski definition) is 0. The molecule has 0 saturated heterocycles. The van der Waals surface area contributed by atoms with Crippen molar-refractivity contribution < 1.29 is 59.1 Å². The molecule has 0 atom stereocenters. The van der Waals surface area contributed by atoms with Gasteiger partial charge in [-0.15, -0.1) is 0 Å². The normalized spacial score (nSPS) is 0. The summed E-state index contributed by atoms with van der Waals surface area (Å²) >= 11 is 0. The summed E-state index contributed by atoms with van der Waals surface area (Å²) in [6.07, 6.45) is 0. The van der Waals surface area contributed by atoms with E-state index in [4.69, 9.17) is 0 Å². The van der Waals surface area contributed by atoms with Crippen LogP contribution in [0.3, 0.4) is 0 Å². The first-order valence-corrected chi connectivity index (χ1v) is 0. The Labute approximate surface area is 58.9 Å². The molecule has 0 aliphatic heterocycles. The smallest absolute Gasteiger partial charge is 2.00 e. The summed E-state index contributed by atoms with van der Waals surface area (Å²) in [6, 6.07) is 0. The van der Waals surface area contributed by atoms with Gasteiger partial charge in [-0.25, -0.2) is 0 Å². The second-order valence-electron chi connectivity index (χ2n) is 0. The van der Waals surface area contributed by atoms with E-state index >= 15 is 0 Å². The zero-order chi connectivity index (χ0) is 0. The largest absolute Gasteiger partial charge is 2.00 e. The minimum Gasteiger partial charge on any atom is -2.00 e. The fourth-order valence-electron chi connectivity index (χ4n) is 0. The van der Waals surface area contributed by atoms with E-state index in [0.717, 1.165) is 0 Å². The molecule has 0 aliphatic carbocycles. The molecule has 0 aromatic heterocycles. The zero-order valence-electron chi connectivity index (χ0n) is 1.79. The van der Waals surface area contributed by atoms with Gasteiger partial charge in [0.15, 0.2) is 0 Å². The van der Waals surface area contributed by atoms with Gasteiger partial charge in [0.05, 0.1) is 0 Å². The summed E-state index contributed by atoms with van der Waals surface area (Å²) < 4.78 is 0. The molecule has 26 valence electrons. The van der Waals surface area contributed by atoms with Crippen molar-refractivity contribution in [2.24, 2.45) is 0 Å². The van der Waals surface area contributed by atoms with Crippen LogP contribution in [-0.2, 0) is 59.1 Å². The topological polar surface area (TPSA) is 28.5 Å². The zero-order valence-corrected chi connectivity index (χ0v) is 6.88. The predicted molar refractivity (Wildman–Crippen MR) is 0.686 cm³/mol. The van der Waals surface area contributed by atoms with E-state index in [1.165, 1.54) is 0 Å². The maximum atomic E-state index is 0. The maximum absolute atomic E-state index is 0. The quantitative estimate of drug-likeness (QED) is 0.487. The SMILES string of the molecule is [Cu].[Mn+2].[O-2].[Zn]. The van der Waals surface area contributed by atoms with E-state index in [-0.39, 0.29) is 59.1 Å². The van der Waals surface area contributed by atoms with Gasteiger partial charge in [0.1, 0.15) is 0 Å². The molecule has 0 aromatic carbocycles. The molecule has 0 fully saturated rings. The van der Waals surface area contributed by atoms with E-state index in [2.05, 4.69) is 0 Å². The minimum absolute atomic E-state index is 0. The van der Waals surface area contributed by atoms with E-state index in [9.17, 15) is 0 Å². The predicted octanol–water partition coefficient (Wildman–Crippen LogP) is -0.126. The summed E-state index contributed by atoms with van der Waals surface area (Å²) in [4.78, 5) is 0. The van der Waals surface area contributed by atoms with Gasteiger partial charge < -0.3 is 5.48 Å². The Hall–Kier alpha value is 1.62. The molecule has 0 rings (SSSR count). The molecule has 0 unspecified atom stereocenters. The summed E-state index contributed by atoms with van der Waals surface area (Å²) in [5.74, 6) is 0. The Morgan fingerprint density at radius 1 is 1.00 bits per heavy atom. The molecular weight excluding hydrogens is 200 g/mol. The monoisotopic (exact) mass is 198 g/mol. The van der Waals surface area contributed by atoms with Gasteiger partial charge in [-0.05, 0) is 0 Å². The van der Waals surface area contributed by atoms with Crippen molar-refractivity contribution in [1.29, 1.82) is 0 Å². The number of hydrogen-bond donors (Lipinski definition) is 0. The van der Waals surface area contributed by atoms with Crippen molar-refractivity contribution in [3.63, 3.8) is 0 Å². The molecule has 0 aliphatic rings. The Kier molecular flexibility index (Phi) is 263. The molecule has 2 radical (unpaired) electrons. The molecule has 0 heterocycles. The van der Waals surface area contributed by atoms with Gasteiger partial charge in [-0.1, -0.05) is 0 Å². The van der Waals surface area contributed by atoms with E-state index < -0.39 is 0 Å². The van der Waals surface area contributed by atoms with Crippen molar-refractivity contribution in [3.8, 4) is 0 Å². The van der Waals surface area contributed by atoms with Crippen LogP contribution < -0.4 is 0 Å². The van der Waals surface area contributed by atoms with Crippen LogP contribution in [0.5, 0.6) is 0 Å². The molecule has 0 aromatic rings. The number of rotatable bonds is 0. The molecule has 4 heteroatoms. The second-order valence-corrected chi connectivity index (χ2v) is 0. The minimum atomic E-state index is 0. The van der Waals surface area contributed by atoms with Crippen LogP contribution in [0.4, 0.5) is 0 Å². The molecular formula is CuMnOZn. The van der Waals surface area contributed by atoms with Crippen LogP contribution in [0.15, 0.2) is 0 Å². The molecule has 0 amide bonds. The average molecular weight is 200 g/mol. The third-order valence-electron chi connectivity index (χ3n) is 0. The summed E-state index contributed by atoms with van der Waals surface area (Å²) in [5.41, 5.74) is 0. The van der Waals surface area contributed by atoms with Crippen molar-refractivity contribution >= 4 is 0 Å². The Balaban J connectivity index is 0. The molecule has 0 bridgehead atoms. The standard InChI is InChI=1S/Cu.Mn.O.Zn/q;+2;-2;. The van der Waals surface area contributed by atoms with Crippen molar-refractivity contribution in [1.82, 2.24) is 0 Å². The molecule has 4 heavy (non-hydrogen) atoms. The van der Waals surface area contributed by atoms with E-state index in [1.807, 2.05) is 0 Å². The van der Waals surface area contributed by atoms with Crippen molar-refractivity contribution in [3.05, 3.63) is 0 Å². The second kappa shape index (κ2) is 23.0. The first-order chi connectivity index (χ1) is 0. The molecule has 0 spiro atoms. The third kappa shape index (κ3) is 9.46. The first-order valence-electron chi connectivity index (χ1n) is 0. The Morgan fingerprint density at radius 2 is 1.00 bits per heavy atom. The van der Waals surface area contributed by atoms with Gasteiger partial charge >= 0.3 is 17.1 Å². The fourth-order valence-corrected chi connectivity index (χ4v) is 0. The molecule has 0 saturated carbocycles. The van der Waals surface area contributed by atoms with Gasteiger partial charge in [-0.2, -0.15) is 0 Å². The molecule has 1 nitrogen and oxygen atoms in total. The van der Waals surface area contributed by atoms with Crippen molar-refractivity contribution in [2.75, 3.05) is 0 Å². The van der Waals surface area contributed by atoms with Gasteiger partial charge in [0, 0.05) is 36.5 Å². The van der Waals surface area contributed by atoms with E-state index in [0.29, 0.717) is 0 Å². The Morgan fingerprint density at radius 3 is 1.00 bits per heavy atom. The van der Waals surface area contributed by atoms with Gasteiger partial charge in [0.2, 0.25) is 0 Å². The van der Waals surface area contributed by atoms with Crippen LogP contribution in [0, 0.1) is 0 Å². The van der Waals surface area contributed by atoms with Crippen LogP contribution in [-0.4, -0.2) is 0 Å². The average Bonchev–Trinajstić information content (AvgIpc) is 0. The van der Waals surface area contributed by atoms with Crippen LogP contribution in [0.25, 0.3) is 0 Å². The van der Waals surface area contributed by atoms with Crippen LogP contribution >= 0.6 is 0 Å². The van der Waals surface area contributed by atoms with Crippen LogP contribution in [0.1, 0.15) is 0 Å². The van der Waals surface area contributed by atoms with Gasteiger partial charge in [-0.3, -0.25) is 0 Å².